The van der Waals surface area contributed by atoms with Crippen molar-refractivity contribution >= 4 is 0 Å². The van der Waals surface area contributed by atoms with Gasteiger partial charge in [-0.2, -0.15) is 5.10 Å². The second kappa shape index (κ2) is 4.97. The fraction of sp³-hybridized carbons (Fsp3) is 0.667. The molecule has 0 bridgehead atoms. The summed E-state index contributed by atoms with van der Waals surface area (Å²) in [5.74, 6) is 0.634. The number of aliphatic hydroxyl groups is 1. The van der Waals surface area contributed by atoms with Crippen LogP contribution in [0, 0.1) is 0 Å². The van der Waals surface area contributed by atoms with E-state index in [0.29, 0.717) is 12.3 Å². The van der Waals surface area contributed by atoms with Gasteiger partial charge in [-0.3, -0.25) is 4.68 Å². The van der Waals surface area contributed by atoms with E-state index in [2.05, 4.69) is 10.4 Å². The molecule has 1 unspecified atom stereocenters. The topological polar surface area (TPSA) is 59.3 Å². The molecule has 0 aliphatic carbocycles. The summed E-state index contributed by atoms with van der Waals surface area (Å²) in [6.45, 7) is 3.18. The molecule has 0 saturated heterocycles. The predicted octanol–water partition coefficient (Wildman–Crippen LogP) is 0.164. The van der Waals surface area contributed by atoms with Gasteiger partial charge >= 0.3 is 0 Å². The van der Waals surface area contributed by atoms with Crippen molar-refractivity contribution in [1.29, 1.82) is 0 Å². The lowest BCUT2D eigenvalue weighted by Gasteiger charge is -2.13. The zero-order chi connectivity index (χ0) is 10.6. The molecule has 1 heterocycles. The van der Waals surface area contributed by atoms with E-state index < -0.39 is 6.10 Å². The number of likely N-dealkylation sites (N-methyl/N-ethyl adjacent to an activating group) is 1. The molecular weight excluding hydrogens is 182 g/mol. The number of rotatable bonds is 5. The van der Waals surface area contributed by atoms with Crippen molar-refractivity contribution in [2.24, 2.45) is 0 Å². The quantitative estimate of drug-likeness (QED) is 0.709. The van der Waals surface area contributed by atoms with Gasteiger partial charge in [0.25, 0.3) is 0 Å². The van der Waals surface area contributed by atoms with Crippen molar-refractivity contribution in [3.8, 4) is 5.75 Å². The van der Waals surface area contributed by atoms with E-state index in [1.165, 1.54) is 0 Å². The Hall–Kier alpha value is -1.07. The fourth-order valence-electron chi connectivity index (χ4n) is 1.41. The molecule has 1 aromatic heterocycles. The van der Waals surface area contributed by atoms with E-state index in [4.69, 9.17) is 4.74 Å². The lowest BCUT2D eigenvalue weighted by molar-refractivity contribution is 0.162. The average Bonchev–Trinajstić information content (AvgIpc) is 2.60. The van der Waals surface area contributed by atoms with Crippen molar-refractivity contribution < 1.29 is 9.84 Å². The summed E-state index contributed by atoms with van der Waals surface area (Å²) in [5.41, 5.74) is 0.726. The molecule has 14 heavy (non-hydrogen) atoms. The Kier molecular flexibility index (Phi) is 3.91. The van der Waals surface area contributed by atoms with Crippen LogP contribution in [0.15, 0.2) is 6.20 Å². The molecular formula is C9H17N3O2. The van der Waals surface area contributed by atoms with Gasteiger partial charge in [-0.05, 0) is 14.0 Å². The Morgan fingerprint density at radius 2 is 2.43 bits per heavy atom. The summed E-state index contributed by atoms with van der Waals surface area (Å²) < 4.78 is 6.86. The maximum absolute atomic E-state index is 9.83. The minimum atomic E-state index is -0.586. The first kappa shape index (κ1) is 11.0. The van der Waals surface area contributed by atoms with E-state index in [0.717, 1.165) is 12.2 Å². The van der Waals surface area contributed by atoms with E-state index >= 15 is 0 Å². The largest absolute Gasteiger partial charge is 0.493 e. The molecule has 0 saturated carbocycles. The molecule has 1 aromatic rings. The molecule has 5 nitrogen and oxygen atoms in total. The Labute approximate surface area is 83.7 Å². The molecule has 0 aliphatic rings. The number of ether oxygens (including phenoxy) is 1. The summed E-state index contributed by atoms with van der Waals surface area (Å²) in [7, 11) is 3.37. The first-order valence-electron chi connectivity index (χ1n) is 4.66. The molecule has 1 rings (SSSR count). The number of hydrogen-bond donors (Lipinski definition) is 2. The van der Waals surface area contributed by atoms with Gasteiger partial charge in [-0.25, -0.2) is 0 Å². The average molecular weight is 199 g/mol. The number of aryl methyl sites for hydroxylation is 1. The lowest BCUT2D eigenvalue weighted by Crippen LogP contribution is -2.20. The summed E-state index contributed by atoms with van der Waals surface area (Å²) in [6.07, 6.45) is 1.04. The van der Waals surface area contributed by atoms with Gasteiger partial charge in [0.1, 0.15) is 11.8 Å². The smallest absolute Gasteiger partial charge is 0.162 e. The minimum Gasteiger partial charge on any atom is -0.493 e. The molecule has 0 radical (unpaired) electrons. The van der Waals surface area contributed by atoms with Gasteiger partial charge in [-0.15, -0.1) is 0 Å². The van der Waals surface area contributed by atoms with Crippen LogP contribution in [0.5, 0.6) is 5.75 Å². The maximum atomic E-state index is 9.83. The maximum Gasteiger partial charge on any atom is 0.162 e. The number of aliphatic hydroxyl groups excluding tert-OH is 1. The summed E-state index contributed by atoms with van der Waals surface area (Å²) in [4.78, 5) is 0. The fourth-order valence-corrected chi connectivity index (χ4v) is 1.41. The monoisotopic (exact) mass is 199 g/mol. The summed E-state index contributed by atoms with van der Waals surface area (Å²) >= 11 is 0. The second-order valence-electron chi connectivity index (χ2n) is 2.99. The molecule has 80 valence electrons. The molecule has 0 aromatic carbocycles. The number of nitrogens with zero attached hydrogens (tertiary/aromatic N) is 2. The minimum absolute atomic E-state index is 0.488. The van der Waals surface area contributed by atoms with Crippen LogP contribution in [0.2, 0.25) is 0 Å². The predicted molar refractivity (Wildman–Crippen MR) is 53.3 cm³/mol. The Morgan fingerprint density at radius 1 is 1.71 bits per heavy atom. The first-order chi connectivity index (χ1) is 6.74. The van der Waals surface area contributed by atoms with Crippen LogP contribution in [0.4, 0.5) is 0 Å². The third-order valence-corrected chi connectivity index (χ3v) is 2.08. The van der Waals surface area contributed by atoms with E-state index in [9.17, 15) is 5.11 Å². The van der Waals surface area contributed by atoms with Crippen molar-refractivity contribution in [2.45, 2.75) is 19.6 Å². The van der Waals surface area contributed by atoms with Gasteiger partial charge in [0.15, 0.2) is 5.75 Å². The highest BCUT2D eigenvalue weighted by atomic mass is 16.5. The molecule has 5 heteroatoms. The SMILES string of the molecule is CCn1ncc(OC)c1C(O)CNC. The van der Waals surface area contributed by atoms with Crippen molar-refractivity contribution in [3.05, 3.63) is 11.9 Å². The second-order valence-corrected chi connectivity index (χ2v) is 2.99. The van der Waals surface area contributed by atoms with Crippen LogP contribution < -0.4 is 10.1 Å². The van der Waals surface area contributed by atoms with Gasteiger partial charge < -0.3 is 15.2 Å². The normalized spacial score (nSPS) is 12.9. The molecule has 0 fully saturated rings. The van der Waals surface area contributed by atoms with Gasteiger partial charge in [0.05, 0.1) is 13.3 Å². The van der Waals surface area contributed by atoms with Crippen molar-refractivity contribution in [3.63, 3.8) is 0 Å². The van der Waals surface area contributed by atoms with Gasteiger partial charge in [0, 0.05) is 13.1 Å². The van der Waals surface area contributed by atoms with Crippen LogP contribution >= 0.6 is 0 Å². The summed E-state index contributed by atoms with van der Waals surface area (Å²) in [5, 5.41) is 16.9. The molecule has 2 N–H and O–H groups in total. The zero-order valence-electron chi connectivity index (χ0n) is 8.82. The van der Waals surface area contributed by atoms with Crippen molar-refractivity contribution in [2.75, 3.05) is 20.7 Å². The highest BCUT2D eigenvalue weighted by Gasteiger charge is 2.18. The molecule has 0 spiro atoms. The molecule has 0 aliphatic heterocycles. The van der Waals surface area contributed by atoms with Crippen LogP contribution in [-0.2, 0) is 6.54 Å². The van der Waals surface area contributed by atoms with Gasteiger partial charge in [0.2, 0.25) is 0 Å². The summed E-state index contributed by atoms with van der Waals surface area (Å²) in [6, 6.07) is 0. The Bertz CT molecular complexity index is 264. The van der Waals surface area contributed by atoms with E-state index in [-0.39, 0.29) is 0 Å². The van der Waals surface area contributed by atoms with Crippen LogP contribution in [0.25, 0.3) is 0 Å². The van der Waals surface area contributed by atoms with Crippen LogP contribution in [-0.4, -0.2) is 35.6 Å². The number of methoxy groups -OCH3 is 1. The number of nitrogens with one attached hydrogen (secondary N) is 1. The lowest BCUT2D eigenvalue weighted by atomic mass is 10.2. The Balaban J connectivity index is 2.95. The third kappa shape index (κ3) is 2.05. The van der Waals surface area contributed by atoms with Crippen LogP contribution in [0.1, 0.15) is 18.7 Å². The highest BCUT2D eigenvalue weighted by molar-refractivity contribution is 5.27. The highest BCUT2D eigenvalue weighted by Crippen LogP contribution is 2.24. The zero-order valence-corrected chi connectivity index (χ0v) is 8.82. The van der Waals surface area contributed by atoms with Crippen LogP contribution in [0.3, 0.4) is 0 Å². The van der Waals surface area contributed by atoms with Gasteiger partial charge in [-0.1, -0.05) is 0 Å². The van der Waals surface area contributed by atoms with E-state index in [1.807, 2.05) is 6.92 Å². The first-order valence-corrected chi connectivity index (χ1v) is 4.66. The molecule has 0 amide bonds. The molecule has 1 atom stereocenters. The Morgan fingerprint density at radius 3 is 2.93 bits per heavy atom. The third-order valence-electron chi connectivity index (χ3n) is 2.08. The standard InChI is InChI=1S/C9H17N3O2/c1-4-12-9(7(13)5-10-2)8(14-3)6-11-12/h6-7,10,13H,4-5H2,1-3H3. The van der Waals surface area contributed by atoms with Crippen molar-refractivity contribution in [1.82, 2.24) is 15.1 Å². The van der Waals surface area contributed by atoms with E-state index in [1.54, 1.807) is 25.0 Å². The number of aromatic nitrogens is 2. The number of hydrogen-bond acceptors (Lipinski definition) is 4.